The number of likely N-dealkylation sites (tertiary alicyclic amines) is 1. The topological polar surface area (TPSA) is 88.8 Å². The van der Waals surface area contributed by atoms with Gasteiger partial charge in [-0.2, -0.15) is 0 Å². The molecule has 0 amide bonds. The van der Waals surface area contributed by atoms with E-state index in [1.807, 2.05) is 6.07 Å². The third-order valence-corrected chi connectivity index (χ3v) is 5.94. The van der Waals surface area contributed by atoms with Crippen LogP contribution in [-0.2, 0) is 14.8 Å². The lowest BCUT2D eigenvalue weighted by Gasteiger charge is -2.25. The molecular weight excluding hydrogens is 356 g/mol. The molecule has 0 radical (unpaired) electrons. The van der Waals surface area contributed by atoms with Crippen molar-refractivity contribution in [2.45, 2.75) is 23.8 Å². The van der Waals surface area contributed by atoms with Crippen LogP contribution in [0.2, 0.25) is 0 Å². The number of hydrogen-bond donors (Lipinski definition) is 1. The van der Waals surface area contributed by atoms with E-state index in [9.17, 15) is 13.2 Å². The minimum absolute atomic E-state index is 0.102. The van der Waals surface area contributed by atoms with Crippen LogP contribution in [0.1, 0.15) is 35.0 Å². The molecule has 7 nitrogen and oxygen atoms in total. The molecule has 2 heterocycles. The molecule has 1 fully saturated rings. The van der Waals surface area contributed by atoms with Crippen molar-refractivity contribution in [2.75, 3.05) is 26.7 Å². The number of hydrogen-bond acceptors (Lipinski definition) is 6. The number of furan rings is 1. The van der Waals surface area contributed by atoms with Crippen LogP contribution in [0.5, 0.6) is 0 Å². The van der Waals surface area contributed by atoms with E-state index in [2.05, 4.69) is 14.4 Å². The lowest BCUT2D eigenvalue weighted by Crippen LogP contribution is -2.36. The number of carbonyl (C=O) groups is 1. The van der Waals surface area contributed by atoms with Crippen molar-refractivity contribution in [3.05, 3.63) is 54.0 Å². The Morgan fingerprint density at radius 2 is 1.92 bits per heavy atom. The second-order valence-electron chi connectivity index (χ2n) is 6.14. The van der Waals surface area contributed by atoms with Crippen molar-refractivity contribution >= 4 is 16.0 Å². The van der Waals surface area contributed by atoms with E-state index in [4.69, 9.17) is 4.42 Å². The van der Waals surface area contributed by atoms with Gasteiger partial charge in [0.2, 0.25) is 10.0 Å². The predicted octanol–water partition coefficient (Wildman–Crippen LogP) is 2.18. The van der Waals surface area contributed by atoms with Crippen molar-refractivity contribution in [3.8, 4) is 0 Å². The molecule has 0 bridgehead atoms. The minimum atomic E-state index is -3.70. The monoisotopic (exact) mass is 378 g/mol. The Morgan fingerprint density at radius 1 is 1.23 bits per heavy atom. The van der Waals surface area contributed by atoms with Crippen molar-refractivity contribution in [1.29, 1.82) is 0 Å². The minimum Gasteiger partial charge on any atom is -0.468 e. The summed E-state index contributed by atoms with van der Waals surface area (Å²) in [5, 5.41) is 0. The predicted molar refractivity (Wildman–Crippen MR) is 95.2 cm³/mol. The number of rotatable bonds is 7. The van der Waals surface area contributed by atoms with Gasteiger partial charge in [0.15, 0.2) is 0 Å². The Morgan fingerprint density at radius 3 is 2.50 bits per heavy atom. The molecule has 1 saturated heterocycles. The average molecular weight is 378 g/mol. The van der Waals surface area contributed by atoms with Crippen LogP contribution in [0.3, 0.4) is 0 Å². The summed E-state index contributed by atoms with van der Waals surface area (Å²) < 4.78 is 38.0. The molecule has 8 heteroatoms. The third-order valence-electron chi connectivity index (χ3n) is 4.51. The van der Waals surface area contributed by atoms with Gasteiger partial charge in [-0.1, -0.05) is 0 Å². The summed E-state index contributed by atoms with van der Waals surface area (Å²) >= 11 is 0. The molecule has 1 aromatic carbocycles. The molecule has 1 aromatic heterocycles. The van der Waals surface area contributed by atoms with Gasteiger partial charge in [0.1, 0.15) is 5.76 Å². The zero-order valence-electron chi connectivity index (χ0n) is 14.6. The first-order valence-electron chi connectivity index (χ1n) is 8.47. The van der Waals surface area contributed by atoms with Crippen LogP contribution in [0.15, 0.2) is 52.0 Å². The fourth-order valence-electron chi connectivity index (χ4n) is 3.10. The second kappa shape index (κ2) is 8.03. The van der Waals surface area contributed by atoms with Crippen molar-refractivity contribution in [3.63, 3.8) is 0 Å². The van der Waals surface area contributed by atoms with Gasteiger partial charge in [0.05, 0.1) is 29.9 Å². The Balaban J connectivity index is 1.72. The van der Waals surface area contributed by atoms with Gasteiger partial charge in [0.25, 0.3) is 0 Å². The number of carbonyl (C=O) groups excluding carboxylic acids is 1. The summed E-state index contributed by atoms with van der Waals surface area (Å²) in [4.78, 5) is 13.8. The standard InChI is InChI=1S/C18H22N2O5S/c1-24-18(21)14-6-8-15(9-7-14)26(22,23)19-13-16(17-5-4-12-25-17)20-10-2-3-11-20/h4-9,12,16,19H,2-3,10-11,13H2,1H3. The fraction of sp³-hybridized carbons (Fsp3) is 0.389. The molecule has 1 aliphatic heterocycles. The highest BCUT2D eigenvalue weighted by Gasteiger charge is 2.27. The summed E-state index contributed by atoms with van der Waals surface area (Å²) in [6.45, 7) is 2.05. The maximum atomic E-state index is 12.6. The molecule has 0 spiro atoms. The maximum absolute atomic E-state index is 12.6. The third kappa shape index (κ3) is 4.14. The molecule has 1 aliphatic rings. The Kier molecular flexibility index (Phi) is 5.75. The smallest absolute Gasteiger partial charge is 0.337 e. The molecule has 0 aliphatic carbocycles. The highest BCUT2D eigenvalue weighted by molar-refractivity contribution is 7.89. The Hall–Kier alpha value is -2.16. The van der Waals surface area contributed by atoms with Crippen molar-refractivity contribution in [1.82, 2.24) is 9.62 Å². The van der Waals surface area contributed by atoms with Gasteiger partial charge in [-0.3, -0.25) is 4.90 Å². The molecule has 140 valence electrons. The number of nitrogens with zero attached hydrogens (tertiary/aromatic N) is 1. The molecular formula is C18H22N2O5S. The number of nitrogens with one attached hydrogen (secondary N) is 1. The zero-order chi connectivity index (χ0) is 18.6. The number of methoxy groups -OCH3 is 1. The van der Waals surface area contributed by atoms with Crippen LogP contribution in [0.25, 0.3) is 0 Å². The molecule has 26 heavy (non-hydrogen) atoms. The van der Waals surface area contributed by atoms with Gasteiger partial charge >= 0.3 is 5.97 Å². The number of sulfonamides is 1. The van der Waals surface area contributed by atoms with Crippen molar-refractivity contribution < 1.29 is 22.4 Å². The fourth-order valence-corrected chi connectivity index (χ4v) is 4.14. The van der Waals surface area contributed by atoms with Gasteiger partial charge in [-0.05, 0) is 62.3 Å². The summed E-state index contributed by atoms with van der Waals surface area (Å²) in [5.41, 5.74) is 0.303. The molecule has 1 unspecified atom stereocenters. The summed E-state index contributed by atoms with van der Waals surface area (Å²) in [6.07, 6.45) is 3.79. The van der Waals surface area contributed by atoms with E-state index in [0.29, 0.717) is 5.56 Å². The van der Waals surface area contributed by atoms with Gasteiger partial charge in [0, 0.05) is 6.54 Å². The molecule has 0 saturated carbocycles. The van der Waals surface area contributed by atoms with E-state index in [1.165, 1.54) is 31.4 Å². The number of esters is 1. The number of ether oxygens (including phenoxy) is 1. The summed E-state index contributed by atoms with van der Waals surface area (Å²) in [6, 6.07) is 9.19. The largest absolute Gasteiger partial charge is 0.468 e. The zero-order valence-corrected chi connectivity index (χ0v) is 15.4. The van der Waals surface area contributed by atoms with E-state index in [0.717, 1.165) is 31.7 Å². The highest BCUT2D eigenvalue weighted by atomic mass is 32.2. The highest BCUT2D eigenvalue weighted by Crippen LogP contribution is 2.25. The van der Waals surface area contributed by atoms with Crippen LogP contribution in [0.4, 0.5) is 0 Å². The van der Waals surface area contributed by atoms with E-state index in [1.54, 1.807) is 12.3 Å². The summed E-state index contributed by atoms with van der Waals surface area (Å²) in [5.74, 6) is 0.240. The quantitative estimate of drug-likeness (QED) is 0.743. The maximum Gasteiger partial charge on any atom is 0.337 e. The molecule has 1 atom stereocenters. The lowest BCUT2D eigenvalue weighted by molar-refractivity contribution is 0.0600. The SMILES string of the molecule is COC(=O)c1ccc(S(=O)(=O)NCC(c2ccco2)N2CCCC2)cc1. The van der Waals surface area contributed by atoms with Crippen LogP contribution in [-0.4, -0.2) is 46.0 Å². The van der Waals surface area contributed by atoms with E-state index >= 15 is 0 Å². The van der Waals surface area contributed by atoms with Gasteiger partial charge < -0.3 is 9.15 Å². The van der Waals surface area contributed by atoms with Gasteiger partial charge in [-0.25, -0.2) is 17.9 Å². The van der Waals surface area contributed by atoms with Crippen LogP contribution >= 0.6 is 0 Å². The van der Waals surface area contributed by atoms with Crippen LogP contribution < -0.4 is 4.72 Å². The Labute approximate surface area is 153 Å². The lowest BCUT2D eigenvalue weighted by atomic mass is 10.2. The average Bonchev–Trinajstić information content (AvgIpc) is 3.36. The Bertz CT molecular complexity index is 825. The van der Waals surface area contributed by atoms with E-state index < -0.39 is 16.0 Å². The summed E-state index contributed by atoms with van der Waals surface area (Å²) in [7, 11) is -2.42. The first kappa shape index (κ1) is 18.6. The first-order chi connectivity index (χ1) is 12.5. The number of benzene rings is 1. The molecule has 1 N–H and O–H groups in total. The molecule has 2 aromatic rings. The first-order valence-corrected chi connectivity index (χ1v) is 9.95. The second-order valence-corrected chi connectivity index (χ2v) is 7.91. The van der Waals surface area contributed by atoms with Gasteiger partial charge in [-0.15, -0.1) is 0 Å². The van der Waals surface area contributed by atoms with Crippen molar-refractivity contribution in [2.24, 2.45) is 0 Å². The normalized spacial score (nSPS) is 16.5. The molecule has 3 rings (SSSR count). The van der Waals surface area contributed by atoms with Crippen LogP contribution in [0, 0.1) is 0 Å². The van der Waals surface area contributed by atoms with E-state index in [-0.39, 0.29) is 17.5 Å².